The van der Waals surface area contributed by atoms with Crippen LogP contribution in [-0.2, 0) is 24.3 Å². The Hall–Kier alpha value is -4.01. The molecule has 252 valence electrons. The van der Waals surface area contributed by atoms with E-state index < -0.39 is 44.8 Å². The molecule has 3 aliphatic heterocycles. The number of hydrogen-bond donors (Lipinski definition) is 2. The Bertz CT molecular complexity index is 1870. The number of morpholine rings is 1. The topological polar surface area (TPSA) is 141 Å². The average molecular weight is 670 g/mol. The van der Waals surface area contributed by atoms with E-state index in [4.69, 9.17) is 9.47 Å². The van der Waals surface area contributed by atoms with Gasteiger partial charge < -0.3 is 29.6 Å². The molecule has 2 N–H and O–H groups in total. The van der Waals surface area contributed by atoms with Gasteiger partial charge in [0.2, 0.25) is 21.8 Å². The number of nitrogens with zero attached hydrogens (tertiary/aromatic N) is 3. The summed E-state index contributed by atoms with van der Waals surface area (Å²) in [6, 6.07) is 8.31. The van der Waals surface area contributed by atoms with E-state index in [0.717, 1.165) is 5.56 Å². The average Bonchev–Trinajstić information content (AvgIpc) is 3.45. The predicted molar refractivity (Wildman–Crippen MR) is 171 cm³/mol. The lowest BCUT2D eigenvalue weighted by molar-refractivity contribution is -0.210. The van der Waals surface area contributed by atoms with Crippen LogP contribution < -0.4 is 10.1 Å². The maximum atomic E-state index is 14.0. The maximum Gasteiger partial charge on any atom is 0.268 e. The number of ether oxygens (including phenoxy) is 2. The van der Waals surface area contributed by atoms with E-state index in [1.54, 1.807) is 41.0 Å². The third-order valence-electron chi connectivity index (χ3n) is 9.59. The second-order valence-corrected chi connectivity index (χ2v) is 15.7. The number of benzene rings is 2. The standard InChI is InChI=1S/C33H40FN5O7S/c1-19-7-10-25(45-6)26(13-19)47(43,44)39-11-12-46-17-24(39)30(41)37-18-33(5)27(37)16-38(33)31(42)28(32(2,3)4)36-29(40)23-15-20-14-21(34)8-9-22(20)35-23/h7-10,13-15,24,27-28,35H,11-12,16-18H2,1-6H3,(H,36,40)/t24?,27-,28?,33?/m1/s1. The molecule has 3 amide bonds. The molecule has 12 nitrogen and oxygen atoms in total. The number of methoxy groups -OCH3 is 1. The second kappa shape index (κ2) is 11.6. The Balaban J connectivity index is 1.16. The number of hydrogen-bond acceptors (Lipinski definition) is 7. The molecule has 4 atom stereocenters. The Morgan fingerprint density at radius 3 is 2.55 bits per heavy atom. The lowest BCUT2D eigenvalue weighted by Crippen LogP contribution is -2.89. The van der Waals surface area contributed by atoms with Gasteiger partial charge in [0.05, 0.1) is 31.9 Å². The first-order chi connectivity index (χ1) is 22.1. The third kappa shape index (κ3) is 5.55. The molecule has 2 aromatic carbocycles. The first-order valence-electron chi connectivity index (χ1n) is 15.5. The van der Waals surface area contributed by atoms with Crippen molar-refractivity contribution in [2.24, 2.45) is 5.41 Å². The van der Waals surface area contributed by atoms with Gasteiger partial charge in [0.1, 0.15) is 34.2 Å². The van der Waals surface area contributed by atoms with E-state index in [-0.39, 0.29) is 67.0 Å². The number of likely N-dealkylation sites (tertiary alicyclic amines) is 2. The minimum absolute atomic E-state index is 0.00843. The van der Waals surface area contributed by atoms with E-state index in [2.05, 4.69) is 10.3 Å². The first-order valence-corrected chi connectivity index (χ1v) is 17.0. The summed E-state index contributed by atoms with van der Waals surface area (Å²) in [5, 5.41) is 3.42. The second-order valence-electron chi connectivity index (χ2n) is 13.8. The number of aromatic nitrogens is 1. The number of fused-ring (bicyclic) bond motifs is 2. The van der Waals surface area contributed by atoms with Gasteiger partial charge in [-0.25, -0.2) is 12.8 Å². The predicted octanol–water partition coefficient (Wildman–Crippen LogP) is 2.67. The molecule has 6 rings (SSSR count). The summed E-state index contributed by atoms with van der Waals surface area (Å²) < 4.78 is 53.5. The molecule has 3 unspecified atom stereocenters. The highest BCUT2D eigenvalue weighted by Crippen LogP contribution is 2.46. The van der Waals surface area contributed by atoms with Crippen molar-refractivity contribution in [2.75, 3.05) is 40.0 Å². The number of rotatable bonds is 7. The van der Waals surface area contributed by atoms with Crippen LogP contribution in [-0.4, -0.2) is 109 Å². The molecule has 14 heteroatoms. The van der Waals surface area contributed by atoms with Crippen molar-refractivity contribution < 1.29 is 36.7 Å². The van der Waals surface area contributed by atoms with Crippen LogP contribution in [0.5, 0.6) is 5.75 Å². The summed E-state index contributed by atoms with van der Waals surface area (Å²) in [5.74, 6) is -1.39. The number of carbonyl (C=O) groups excluding carboxylic acids is 3. The summed E-state index contributed by atoms with van der Waals surface area (Å²) in [7, 11) is -2.71. The van der Waals surface area contributed by atoms with E-state index in [1.165, 1.54) is 29.6 Å². The number of aryl methyl sites for hydroxylation is 1. The summed E-state index contributed by atoms with van der Waals surface area (Å²) in [5.41, 5.74) is 0.202. The Morgan fingerprint density at radius 1 is 1.15 bits per heavy atom. The number of halogens is 1. The molecular formula is C33H40FN5O7S. The zero-order valence-electron chi connectivity index (χ0n) is 27.3. The smallest absolute Gasteiger partial charge is 0.268 e. The highest BCUT2D eigenvalue weighted by Gasteiger charge is 2.66. The maximum absolute atomic E-state index is 14.0. The highest BCUT2D eigenvalue weighted by molar-refractivity contribution is 7.89. The monoisotopic (exact) mass is 669 g/mol. The van der Waals surface area contributed by atoms with Crippen molar-refractivity contribution in [1.82, 2.24) is 24.4 Å². The number of aromatic amines is 1. The molecule has 4 heterocycles. The van der Waals surface area contributed by atoms with Crippen LogP contribution in [0.3, 0.4) is 0 Å². The Kier molecular flexibility index (Phi) is 8.12. The Morgan fingerprint density at radius 2 is 1.89 bits per heavy atom. The third-order valence-corrected chi connectivity index (χ3v) is 11.5. The summed E-state index contributed by atoms with van der Waals surface area (Å²) in [6.45, 7) is 9.75. The van der Waals surface area contributed by atoms with Crippen molar-refractivity contribution in [3.63, 3.8) is 0 Å². The molecule has 3 aromatic rings. The van der Waals surface area contributed by atoms with Crippen molar-refractivity contribution >= 4 is 38.6 Å². The summed E-state index contributed by atoms with van der Waals surface area (Å²) in [6.07, 6.45) is 0. The number of nitrogens with one attached hydrogen (secondary N) is 2. The minimum Gasteiger partial charge on any atom is -0.495 e. The molecule has 3 aliphatic rings. The van der Waals surface area contributed by atoms with Gasteiger partial charge in [-0.15, -0.1) is 0 Å². The van der Waals surface area contributed by atoms with Crippen LogP contribution >= 0.6 is 0 Å². The lowest BCUT2D eigenvalue weighted by atomic mass is 9.70. The van der Waals surface area contributed by atoms with E-state index >= 15 is 0 Å². The fraction of sp³-hybridized carbons (Fsp3) is 0.485. The lowest BCUT2D eigenvalue weighted by Gasteiger charge is -2.70. The molecule has 0 spiro atoms. The fourth-order valence-electron chi connectivity index (χ4n) is 6.80. The minimum atomic E-state index is -4.11. The van der Waals surface area contributed by atoms with Gasteiger partial charge in [-0.05, 0) is 61.2 Å². The van der Waals surface area contributed by atoms with Crippen molar-refractivity contribution in [1.29, 1.82) is 0 Å². The van der Waals surface area contributed by atoms with Crippen LogP contribution in [0.15, 0.2) is 47.4 Å². The number of amides is 3. The molecule has 3 fully saturated rings. The van der Waals surface area contributed by atoms with Crippen molar-refractivity contribution in [3.8, 4) is 5.75 Å². The van der Waals surface area contributed by atoms with E-state index in [0.29, 0.717) is 10.9 Å². The van der Waals surface area contributed by atoms with Crippen molar-refractivity contribution in [2.45, 2.75) is 63.2 Å². The van der Waals surface area contributed by atoms with Crippen LogP contribution in [0.1, 0.15) is 43.7 Å². The molecule has 0 aliphatic carbocycles. The van der Waals surface area contributed by atoms with E-state index in [9.17, 15) is 27.2 Å². The SMILES string of the molecule is COc1ccc(C)cc1S(=O)(=O)N1CCOCC1C(=O)N1CC2(C)[C@H]1CN2C(=O)C(NC(=O)c1cc2cc(F)ccc2[nH]1)C(C)(C)C. The number of sulfonamides is 1. The number of carbonyl (C=O) groups is 3. The summed E-state index contributed by atoms with van der Waals surface area (Å²) >= 11 is 0. The summed E-state index contributed by atoms with van der Waals surface area (Å²) in [4.78, 5) is 47.5. The number of H-pyrrole nitrogens is 1. The van der Waals surface area contributed by atoms with Gasteiger partial charge in [0, 0.05) is 30.5 Å². The van der Waals surface area contributed by atoms with Gasteiger partial charge in [-0.2, -0.15) is 4.31 Å². The van der Waals surface area contributed by atoms with Gasteiger partial charge in [0.15, 0.2) is 0 Å². The van der Waals surface area contributed by atoms with Crippen molar-refractivity contribution in [3.05, 3.63) is 59.5 Å². The largest absolute Gasteiger partial charge is 0.495 e. The molecule has 0 bridgehead atoms. The molecule has 1 aromatic heterocycles. The molecular weight excluding hydrogens is 629 g/mol. The van der Waals surface area contributed by atoms with E-state index in [1.807, 2.05) is 27.7 Å². The quantitative estimate of drug-likeness (QED) is 0.394. The molecule has 0 saturated carbocycles. The first kappa shape index (κ1) is 32.9. The van der Waals surface area contributed by atoms with Crippen LogP contribution in [0.25, 0.3) is 10.9 Å². The fourth-order valence-corrected chi connectivity index (χ4v) is 8.59. The number of piperazine rings is 1. The zero-order chi connectivity index (χ0) is 34.1. The molecule has 3 saturated heterocycles. The zero-order valence-corrected chi connectivity index (χ0v) is 28.1. The normalized spacial score (nSPS) is 23.8. The van der Waals surface area contributed by atoms with Gasteiger partial charge in [-0.1, -0.05) is 26.8 Å². The molecule has 0 radical (unpaired) electrons. The Labute approximate surface area is 273 Å². The van der Waals surface area contributed by atoms with Gasteiger partial charge >= 0.3 is 0 Å². The van der Waals surface area contributed by atoms with Crippen LogP contribution in [0, 0.1) is 18.2 Å². The van der Waals surface area contributed by atoms with Gasteiger partial charge in [0.25, 0.3) is 5.91 Å². The molecule has 47 heavy (non-hydrogen) atoms. The van der Waals surface area contributed by atoms with Crippen LogP contribution in [0.2, 0.25) is 0 Å². The van der Waals surface area contributed by atoms with Gasteiger partial charge in [-0.3, -0.25) is 14.4 Å². The van der Waals surface area contributed by atoms with Crippen LogP contribution in [0.4, 0.5) is 4.39 Å². The highest BCUT2D eigenvalue weighted by atomic mass is 32.2.